The number of nitrogens with zero attached hydrogens (tertiary/aromatic N) is 3. The maximum absolute atomic E-state index is 12.1. The maximum atomic E-state index is 12.1. The number of guanidine groups is 1. The second-order valence-electron chi connectivity index (χ2n) is 6.45. The molecule has 164 valence electrons. The van der Waals surface area contributed by atoms with Crippen molar-refractivity contribution in [3.8, 4) is 0 Å². The number of amides is 1. The Bertz CT molecular complexity index is 754. The molecule has 1 aromatic rings. The lowest BCUT2D eigenvalue weighted by atomic mass is 10.1. The standard InChI is InChI=1S/C17H29N7O3S.HI/c1-18-16(25)13-24-10-5-14(6-11-24)23-17(19-2)21-8-9-22-28(26,27)15-4-3-7-20-12-15;/h3-4,7,12,14,22H,5-6,8-11,13H2,1-2H3,(H,18,25)(H2,19,21,23);1H. The van der Waals surface area contributed by atoms with Crippen LogP contribution in [-0.2, 0) is 14.8 Å². The van der Waals surface area contributed by atoms with E-state index in [2.05, 4.69) is 35.5 Å². The number of hydrogen-bond acceptors (Lipinski definition) is 6. The molecule has 1 aromatic heterocycles. The number of nitrogens with one attached hydrogen (secondary N) is 4. The van der Waals surface area contributed by atoms with E-state index < -0.39 is 10.0 Å². The van der Waals surface area contributed by atoms with E-state index in [1.807, 2.05) is 0 Å². The van der Waals surface area contributed by atoms with Gasteiger partial charge >= 0.3 is 0 Å². The lowest BCUT2D eigenvalue weighted by Crippen LogP contribution is -2.50. The van der Waals surface area contributed by atoms with E-state index in [9.17, 15) is 13.2 Å². The first-order chi connectivity index (χ1) is 13.4. The van der Waals surface area contributed by atoms with Gasteiger partial charge < -0.3 is 16.0 Å². The van der Waals surface area contributed by atoms with E-state index in [-0.39, 0.29) is 47.4 Å². The molecule has 1 saturated heterocycles. The van der Waals surface area contributed by atoms with Crippen molar-refractivity contribution in [3.63, 3.8) is 0 Å². The number of likely N-dealkylation sites (tertiary alicyclic amines) is 1. The van der Waals surface area contributed by atoms with Crippen molar-refractivity contribution >= 4 is 45.9 Å². The normalized spacial score (nSPS) is 16.0. The Morgan fingerprint density at radius 1 is 1.31 bits per heavy atom. The molecule has 1 fully saturated rings. The summed E-state index contributed by atoms with van der Waals surface area (Å²) in [5.41, 5.74) is 0. The van der Waals surface area contributed by atoms with Gasteiger partial charge in [-0.15, -0.1) is 24.0 Å². The molecule has 4 N–H and O–H groups in total. The Morgan fingerprint density at radius 2 is 2.03 bits per heavy atom. The zero-order valence-corrected chi connectivity index (χ0v) is 19.9. The highest BCUT2D eigenvalue weighted by atomic mass is 127. The lowest BCUT2D eigenvalue weighted by molar-refractivity contribution is -0.122. The van der Waals surface area contributed by atoms with Crippen LogP contribution in [0, 0.1) is 0 Å². The highest BCUT2D eigenvalue weighted by Gasteiger charge is 2.21. The van der Waals surface area contributed by atoms with Crippen molar-refractivity contribution in [1.82, 2.24) is 30.6 Å². The highest BCUT2D eigenvalue weighted by Crippen LogP contribution is 2.09. The lowest BCUT2D eigenvalue weighted by Gasteiger charge is -2.32. The number of pyridine rings is 1. The van der Waals surface area contributed by atoms with E-state index in [0.29, 0.717) is 19.0 Å². The molecule has 0 bridgehead atoms. The molecule has 0 radical (unpaired) electrons. The topological polar surface area (TPSA) is 128 Å². The number of rotatable bonds is 8. The van der Waals surface area contributed by atoms with Crippen LogP contribution in [0.3, 0.4) is 0 Å². The number of carbonyl (C=O) groups excluding carboxylic acids is 1. The fourth-order valence-corrected chi connectivity index (χ4v) is 3.86. The molecule has 0 atom stereocenters. The first kappa shape index (κ1) is 25.5. The summed E-state index contributed by atoms with van der Waals surface area (Å²) in [6.07, 6.45) is 4.66. The van der Waals surface area contributed by atoms with E-state index in [0.717, 1.165) is 25.9 Å². The molecule has 0 spiro atoms. The molecule has 29 heavy (non-hydrogen) atoms. The minimum atomic E-state index is -3.56. The Kier molecular flexibility index (Phi) is 11.4. The zero-order chi connectivity index (χ0) is 20.4. The van der Waals surface area contributed by atoms with Crippen LogP contribution in [0.4, 0.5) is 0 Å². The second-order valence-corrected chi connectivity index (χ2v) is 8.22. The molecule has 1 amide bonds. The average Bonchev–Trinajstić information content (AvgIpc) is 2.72. The Morgan fingerprint density at radius 3 is 2.62 bits per heavy atom. The minimum absolute atomic E-state index is 0. The number of likely N-dealkylation sites (N-methyl/N-ethyl adjacent to an activating group) is 1. The molecule has 10 nitrogen and oxygen atoms in total. The van der Waals surface area contributed by atoms with Crippen LogP contribution in [0.25, 0.3) is 0 Å². The van der Waals surface area contributed by atoms with Crippen molar-refractivity contribution in [2.24, 2.45) is 4.99 Å². The Hall–Kier alpha value is -1.51. The molecule has 1 aliphatic heterocycles. The highest BCUT2D eigenvalue weighted by molar-refractivity contribution is 14.0. The summed E-state index contributed by atoms with van der Waals surface area (Å²) in [7, 11) is -0.243. The van der Waals surface area contributed by atoms with E-state index in [4.69, 9.17) is 0 Å². The van der Waals surface area contributed by atoms with Gasteiger partial charge in [0.15, 0.2) is 5.96 Å². The van der Waals surface area contributed by atoms with Gasteiger partial charge in [-0.25, -0.2) is 13.1 Å². The zero-order valence-electron chi connectivity index (χ0n) is 16.7. The molecule has 0 aromatic carbocycles. The molecule has 12 heteroatoms. The molecular formula is C17H30IN7O3S. The fourth-order valence-electron chi connectivity index (χ4n) is 2.86. The average molecular weight is 539 g/mol. The summed E-state index contributed by atoms with van der Waals surface area (Å²) in [4.78, 5) is 21.7. The predicted octanol–water partition coefficient (Wildman–Crippen LogP) is -0.647. The van der Waals surface area contributed by atoms with Crippen molar-refractivity contribution in [1.29, 1.82) is 0 Å². The molecule has 1 aliphatic rings. The van der Waals surface area contributed by atoms with E-state index in [1.165, 1.54) is 18.5 Å². The van der Waals surface area contributed by atoms with Gasteiger partial charge in [0.25, 0.3) is 0 Å². The Balaban J connectivity index is 0.00000420. The third kappa shape index (κ3) is 8.80. The number of sulfonamides is 1. The third-order valence-electron chi connectivity index (χ3n) is 4.45. The first-order valence-electron chi connectivity index (χ1n) is 9.24. The quantitative estimate of drug-likeness (QED) is 0.150. The monoisotopic (exact) mass is 539 g/mol. The molecule has 2 heterocycles. The fraction of sp³-hybridized carbons (Fsp3) is 0.588. The Labute approximate surface area is 189 Å². The molecule has 0 unspecified atom stereocenters. The van der Waals surface area contributed by atoms with Crippen LogP contribution < -0.4 is 20.7 Å². The summed E-state index contributed by atoms with van der Waals surface area (Å²) in [5, 5.41) is 9.10. The van der Waals surface area contributed by atoms with E-state index in [1.54, 1.807) is 20.2 Å². The van der Waals surface area contributed by atoms with Gasteiger partial charge in [0.1, 0.15) is 4.90 Å². The van der Waals surface area contributed by atoms with Gasteiger partial charge in [-0.05, 0) is 25.0 Å². The maximum Gasteiger partial charge on any atom is 0.242 e. The van der Waals surface area contributed by atoms with Gasteiger partial charge in [0.2, 0.25) is 15.9 Å². The number of aliphatic imine (C=N–C) groups is 1. The molecule has 2 rings (SSSR count). The van der Waals surface area contributed by atoms with E-state index >= 15 is 0 Å². The van der Waals surface area contributed by atoms with Gasteiger partial charge in [-0.2, -0.15) is 0 Å². The van der Waals surface area contributed by atoms with Gasteiger partial charge in [-0.1, -0.05) is 0 Å². The number of hydrogen-bond donors (Lipinski definition) is 4. The molecule has 0 aliphatic carbocycles. The summed E-state index contributed by atoms with van der Waals surface area (Å²) in [6, 6.07) is 3.34. The van der Waals surface area contributed by atoms with Crippen molar-refractivity contribution in [3.05, 3.63) is 24.5 Å². The van der Waals surface area contributed by atoms with Crippen LogP contribution in [0.1, 0.15) is 12.8 Å². The first-order valence-corrected chi connectivity index (χ1v) is 10.7. The molecular weight excluding hydrogens is 509 g/mol. The third-order valence-corrected chi connectivity index (χ3v) is 5.90. The summed E-state index contributed by atoms with van der Waals surface area (Å²) in [6.45, 7) is 2.73. The summed E-state index contributed by atoms with van der Waals surface area (Å²) >= 11 is 0. The van der Waals surface area contributed by atoms with Gasteiger partial charge in [0.05, 0.1) is 6.54 Å². The van der Waals surface area contributed by atoms with Crippen LogP contribution in [0.5, 0.6) is 0 Å². The van der Waals surface area contributed by atoms with Crippen molar-refractivity contribution in [2.45, 2.75) is 23.8 Å². The SMILES string of the molecule is CN=C(NCCNS(=O)(=O)c1cccnc1)NC1CCN(CC(=O)NC)CC1.I. The number of aromatic nitrogens is 1. The predicted molar refractivity (Wildman–Crippen MR) is 123 cm³/mol. The van der Waals surface area contributed by atoms with Crippen LogP contribution >= 0.6 is 24.0 Å². The molecule has 0 saturated carbocycles. The van der Waals surface area contributed by atoms with Gasteiger partial charge in [0, 0.05) is 58.7 Å². The van der Waals surface area contributed by atoms with Crippen molar-refractivity contribution < 1.29 is 13.2 Å². The minimum Gasteiger partial charge on any atom is -0.358 e. The number of halogens is 1. The van der Waals surface area contributed by atoms with Crippen LogP contribution in [0.2, 0.25) is 0 Å². The van der Waals surface area contributed by atoms with Gasteiger partial charge in [-0.3, -0.25) is 19.7 Å². The smallest absolute Gasteiger partial charge is 0.242 e. The van der Waals surface area contributed by atoms with Crippen LogP contribution in [0.15, 0.2) is 34.4 Å². The second kappa shape index (κ2) is 12.9. The number of carbonyl (C=O) groups is 1. The number of piperidine rings is 1. The largest absolute Gasteiger partial charge is 0.358 e. The van der Waals surface area contributed by atoms with Crippen molar-refractivity contribution in [2.75, 3.05) is 46.8 Å². The van der Waals surface area contributed by atoms with Crippen LogP contribution in [-0.4, -0.2) is 83.0 Å². The summed E-state index contributed by atoms with van der Waals surface area (Å²) < 4.78 is 26.8. The summed E-state index contributed by atoms with van der Waals surface area (Å²) in [5.74, 6) is 0.656.